The fourth-order valence-corrected chi connectivity index (χ4v) is 1.44. The fourth-order valence-electron chi connectivity index (χ4n) is 1.44. The Bertz CT molecular complexity index is 321. The summed E-state index contributed by atoms with van der Waals surface area (Å²) < 4.78 is 1.61. The molecule has 0 spiro atoms. The quantitative estimate of drug-likeness (QED) is 0.699. The van der Waals surface area contributed by atoms with Gasteiger partial charge in [-0.25, -0.2) is 4.98 Å². The molecule has 0 amide bonds. The van der Waals surface area contributed by atoms with E-state index in [4.69, 9.17) is 11.0 Å². The third kappa shape index (κ3) is 1.53. The van der Waals surface area contributed by atoms with Gasteiger partial charge < -0.3 is 5.73 Å². The third-order valence-corrected chi connectivity index (χ3v) is 2.40. The number of hydrogen-bond acceptors (Lipinski definition) is 4. The second kappa shape index (κ2) is 2.82. The van der Waals surface area contributed by atoms with Crippen molar-refractivity contribution in [1.29, 1.82) is 5.26 Å². The van der Waals surface area contributed by atoms with Crippen LogP contribution in [-0.2, 0) is 6.54 Å². The SMILES string of the molecule is N#CC(N)(Cn1cncn1)C1CC1. The van der Waals surface area contributed by atoms with E-state index >= 15 is 0 Å². The summed E-state index contributed by atoms with van der Waals surface area (Å²) in [6.07, 6.45) is 5.14. The Morgan fingerprint density at radius 3 is 2.92 bits per heavy atom. The normalized spacial score (nSPS) is 20.6. The molecule has 1 heterocycles. The fraction of sp³-hybridized carbons (Fsp3) is 0.625. The van der Waals surface area contributed by atoms with Gasteiger partial charge in [0.1, 0.15) is 18.2 Å². The van der Waals surface area contributed by atoms with Gasteiger partial charge in [0.05, 0.1) is 12.6 Å². The molecule has 0 radical (unpaired) electrons. The van der Waals surface area contributed by atoms with Crippen molar-refractivity contribution in [3.63, 3.8) is 0 Å². The maximum absolute atomic E-state index is 8.96. The zero-order chi connectivity index (χ0) is 9.31. The highest BCUT2D eigenvalue weighted by atomic mass is 15.3. The Balaban J connectivity index is 2.11. The van der Waals surface area contributed by atoms with Crippen LogP contribution in [0.1, 0.15) is 12.8 Å². The molecule has 0 bridgehead atoms. The summed E-state index contributed by atoms with van der Waals surface area (Å²) in [5.41, 5.74) is 5.19. The molecule has 2 N–H and O–H groups in total. The molecule has 5 heteroatoms. The van der Waals surface area contributed by atoms with Gasteiger partial charge in [-0.05, 0) is 18.8 Å². The number of nitrogens with zero attached hydrogens (tertiary/aromatic N) is 4. The van der Waals surface area contributed by atoms with E-state index in [0.717, 1.165) is 12.8 Å². The summed E-state index contributed by atoms with van der Waals surface area (Å²) in [7, 11) is 0. The zero-order valence-corrected chi connectivity index (χ0v) is 7.22. The Morgan fingerprint density at radius 2 is 2.46 bits per heavy atom. The van der Waals surface area contributed by atoms with E-state index in [2.05, 4.69) is 16.2 Å². The van der Waals surface area contributed by atoms with Gasteiger partial charge in [-0.2, -0.15) is 10.4 Å². The average molecular weight is 177 g/mol. The monoisotopic (exact) mass is 177 g/mol. The van der Waals surface area contributed by atoms with Crippen LogP contribution in [0.15, 0.2) is 12.7 Å². The minimum Gasteiger partial charge on any atom is -0.312 e. The van der Waals surface area contributed by atoms with E-state index in [1.807, 2.05) is 0 Å². The first-order valence-corrected chi connectivity index (χ1v) is 4.27. The summed E-state index contributed by atoms with van der Waals surface area (Å²) in [4.78, 5) is 3.81. The van der Waals surface area contributed by atoms with Gasteiger partial charge in [-0.3, -0.25) is 4.68 Å². The lowest BCUT2D eigenvalue weighted by atomic mass is 9.97. The van der Waals surface area contributed by atoms with Crippen molar-refractivity contribution < 1.29 is 0 Å². The molecule has 2 rings (SSSR count). The molecular formula is C8H11N5. The first-order chi connectivity index (χ1) is 6.24. The maximum Gasteiger partial charge on any atom is 0.137 e. The van der Waals surface area contributed by atoms with Gasteiger partial charge in [0.15, 0.2) is 0 Å². The van der Waals surface area contributed by atoms with Crippen molar-refractivity contribution in [1.82, 2.24) is 14.8 Å². The molecule has 1 saturated carbocycles. The molecule has 1 aromatic rings. The van der Waals surface area contributed by atoms with E-state index in [1.165, 1.54) is 6.33 Å². The van der Waals surface area contributed by atoms with Gasteiger partial charge in [0.25, 0.3) is 0 Å². The first kappa shape index (κ1) is 8.20. The van der Waals surface area contributed by atoms with Crippen LogP contribution in [0.5, 0.6) is 0 Å². The lowest BCUT2D eigenvalue weighted by Crippen LogP contribution is -2.45. The van der Waals surface area contributed by atoms with Gasteiger partial charge in [0, 0.05) is 0 Å². The Kier molecular flexibility index (Phi) is 1.78. The van der Waals surface area contributed by atoms with Crippen LogP contribution in [0.3, 0.4) is 0 Å². The van der Waals surface area contributed by atoms with Gasteiger partial charge >= 0.3 is 0 Å². The molecule has 1 atom stereocenters. The Morgan fingerprint density at radius 1 is 1.69 bits per heavy atom. The summed E-state index contributed by atoms with van der Waals surface area (Å²) in [6, 6.07) is 2.17. The molecule has 5 nitrogen and oxygen atoms in total. The minimum atomic E-state index is -0.756. The average Bonchev–Trinajstić information content (AvgIpc) is 2.88. The number of hydrogen-bond donors (Lipinski definition) is 1. The van der Waals surface area contributed by atoms with Crippen LogP contribution >= 0.6 is 0 Å². The van der Waals surface area contributed by atoms with Crippen molar-refractivity contribution >= 4 is 0 Å². The molecule has 0 aliphatic heterocycles. The van der Waals surface area contributed by atoms with E-state index in [-0.39, 0.29) is 0 Å². The summed E-state index contributed by atoms with van der Waals surface area (Å²) >= 11 is 0. The van der Waals surface area contributed by atoms with E-state index < -0.39 is 5.54 Å². The first-order valence-electron chi connectivity index (χ1n) is 4.27. The van der Waals surface area contributed by atoms with Crippen molar-refractivity contribution in [2.75, 3.05) is 0 Å². The molecular weight excluding hydrogens is 166 g/mol. The van der Waals surface area contributed by atoms with Crippen molar-refractivity contribution in [2.24, 2.45) is 11.7 Å². The van der Waals surface area contributed by atoms with E-state index in [0.29, 0.717) is 12.5 Å². The molecule has 1 fully saturated rings. The van der Waals surface area contributed by atoms with Crippen LogP contribution in [0.2, 0.25) is 0 Å². The molecule has 13 heavy (non-hydrogen) atoms. The van der Waals surface area contributed by atoms with Gasteiger partial charge in [0.2, 0.25) is 0 Å². The highest BCUT2D eigenvalue weighted by Gasteiger charge is 2.43. The topological polar surface area (TPSA) is 80.5 Å². The highest BCUT2D eigenvalue weighted by Crippen LogP contribution is 2.38. The summed E-state index contributed by atoms with van der Waals surface area (Å²) in [5, 5.41) is 12.9. The third-order valence-electron chi connectivity index (χ3n) is 2.40. The van der Waals surface area contributed by atoms with Gasteiger partial charge in [-0.15, -0.1) is 0 Å². The highest BCUT2D eigenvalue weighted by molar-refractivity contribution is 5.12. The standard InChI is InChI=1S/C8H11N5/c9-3-8(10,7-1-2-7)4-13-6-11-5-12-13/h5-7H,1-2,4,10H2. The van der Waals surface area contributed by atoms with Crippen LogP contribution in [0.4, 0.5) is 0 Å². The van der Waals surface area contributed by atoms with E-state index in [1.54, 1.807) is 11.0 Å². The van der Waals surface area contributed by atoms with Crippen LogP contribution in [0, 0.1) is 17.2 Å². The number of rotatable bonds is 3. The molecule has 0 saturated heterocycles. The summed E-state index contributed by atoms with van der Waals surface area (Å²) in [5.74, 6) is 0.335. The molecule has 1 aromatic heterocycles. The molecule has 1 aliphatic carbocycles. The van der Waals surface area contributed by atoms with Crippen LogP contribution in [-0.4, -0.2) is 20.3 Å². The largest absolute Gasteiger partial charge is 0.312 e. The second-order valence-corrected chi connectivity index (χ2v) is 3.52. The number of aromatic nitrogens is 3. The van der Waals surface area contributed by atoms with Crippen LogP contribution in [0.25, 0.3) is 0 Å². The summed E-state index contributed by atoms with van der Waals surface area (Å²) in [6.45, 7) is 0.439. The van der Waals surface area contributed by atoms with Crippen molar-refractivity contribution in [3.05, 3.63) is 12.7 Å². The maximum atomic E-state index is 8.96. The molecule has 1 unspecified atom stereocenters. The van der Waals surface area contributed by atoms with Gasteiger partial charge in [-0.1, -0.05) is 0 Å². The van der Waals surface area contributed by atoms with Crippen molar-refractivity contribution in [3.8, 4) is 6.07 Å². The lowest BCUT2D eigenvalue weighted by molar-refractivity contribution is 0.384. The smallest absolute Gasteiger partial charge is 0.137 e. The Labute approximate surface area is 76.2 Å². The second-order valence-electron chi connectivity index (χ2n) is 3.52. The van der Waals surface area contributed by atoms with E-state index in [9.17, 15) is 0 Å². The zero-order valence-electron chi connectivity index (χ0n) is 7.22. The molecule has 68 valence electrons. The minimum absolute atomic E-state index is 0.335. The predicted octanol–water partition coefficient (Wildman–Crippen LogP) is -0.0908. The van der Waals surface area contributed by atoms with Crippen LogP contribution < -0.4 is 5.73 Å². The predicted molar refractivity (Wildman–Crippen MR) is 45.3 cm³/mol. The number of nitriles is 1. The number of nitrogens with two attached hydrogens (primary N) is 1. The molecule has 1 aliphatic rings. The van der Waals surface area contributed by atoms with Crippen molar-refractivity contribution in [2.45, 2.75) is 24.9 Å². The Hall–Kier alpha value is -1.41. The molecule has 0 aromatic carbocycles. The lowest BCUT2D eigenvalue weighted by Gasteiger charge is -2.20.